The van der Waals surface area contributed by atoms with Gasteiger partial charge < -0.3 is 9.84 Å². The first-order valence-electron chi connectivity index (χ1n) is 4.42. The first-order chi connectivity index (χ1) is 7.34. The topological polar surface area (TPSA) is 29.5 Å². The summed E-state index contributed by atoms with van der Waals surface area (Å²) < 4.78 is 41.8. The van der Waals surface area contributed by atoms with Crippen LogP contribution in [0.2, 0.25) is 0 Å². The van der Waals surface area contributed by atoms with Crippen molar-refractivity contribution in [3.8, 4) is 5.75 Å². The second kappa shape index (κ2) is 5.05. The van der Waals surface area contributed by atoms with E-state index in [4.69, 9.17) is 9.84 Å². The lowest BCUT2D eigenvalue weighted by Gasteiger charge is -2.14. The van der Waals surface area contributed by atoms with Crippen LogP contribution in [0.3, 0.4) is 0 Å². The molecule has 0 saturated carbocycles. The van der Waals surface area contributed by atoms with Crippen molar-refractivity contribution in [2.45, 2.75) is 18.7 Å². The number of alkyl halides is 3. The maximum atomic E-state index is 12.1. The van der Waals surface area contributed by atoms with Gasteiger partial charge in [-0.3, -0.25) is 0 Å². The highest BCUT2D eigenvalue weighted by molar-refractivity contribution is 9.10. The minimum absolute atomic E-state index is 0.387. The molecule has 1 N–H and O–H groups in total. The van der Waals surface area contributed by atoms with E-state index in [-0.39, 0.29) is 0 Å². The van der Waals surface area contributed by atoms with Gasteiger partial charge in [-0.25, -0.2) is 0 Å². The van der Waals surface area contributed by atoms with Gasteiger partial charge in [0, 0.05) is 6.42 Å². The van der Waals surface area contributed by atoms with E-state index >= 15 is 0 Å². The number of benzene rings is 1. The molecule has 0 saturated heterocycles. The van der Waals surface area contributed by atoms with Crippen molar-refractivity contribution in [3.05, 3.63) is 28.2 Å². The molecule has 1 aromatic rings. The molecule has 1 aromatic carbocycles. The first-order valence-corrected chi connectivity index (χ1v) is 5.21. The van der Waals surface area contributed by atoms with Crippen molar-refractivity contribution in [3.63, 3.8) is 0 Å². The Morgan fingerprint density at radius 2 is 2.06 bits per heavy atom. The van der Waals surface area contributed by atoms with E-state index in [1.54, 1.807) is 6.07 Å². The summed E-state index contributed by atoms with van der Waals surface area (Å²) in [5, 5.41) is 8.88. The Balaban J connectivity index is 2.79. The average Bonchev–Trinajstić information content (AvgIpc) is 2.16. The molecular weight excluding hydrogens is 289 g/mol. The molecule has 0 unspecified atom stereocenters. The molecule has 0 spiro atoms. The molecule has 0 bridgehead atoms. The third kappa shape index (κ3) is 3.38. The summed E-state index contributed by atoms with van der Waals surface area (Å²) in [6.45, 7) is 0. The lowest BCUT2D eigenvalue weighted by molar-refractivity contribution is -0.203. The highest BCUT2D eigenvalue weighted by Gasteiger charge is 2.37. The van der Waals surface area contributed by atoms with Crippen LogP contribution < -0.4 is 4.74 Å². The van der Waals surface area contributed by atoms with Crippen LogP contribution in [-0.4, -0.2) is 24.5 Å². The average molecular weight is 299 g/mol. The molecular formula is C10H10BrF3O2. The van der Waals surface area contributed by atoms with Gasteiger partial charge in [-0.15, -0.1) is 0 Å². The van der Waals surface area contributed by atoms with E-state index in [0.717, 1.165) is 0 Å². The van der Waals surface area contributed by atoms with Gasteiger partial charge in [-0.05, 0) is 33.6 Å². The van der Waals surface area contributed by atoms with Crippen LogP contribution in [0, 0.1) is 0 Å². The predicted octanol–water partition coefficient (Wildman–Crippen LogP) is 2.92. The number of aliphatic hydroxyl groups is 1. The second-order valence-corrected chi connectivity index (χ2v) is 4.08. The first kappa shape index (κ1) is 13.3. The molecule has 0 aliphatic heterocycles. The largest absolute Gasteiger partial charge is 0.496 e. The van der Waals surface area contributed by atoms with Crippen molar-refractivity contribution in [1.29, 1.82) is 0 Å². The van der Waals surface area contributed by atoms with Crippen LogP contribution in [0.1, 0.15) is 5.56 Å². The lowest BCUT2D eigenvalue weighted by atomic mass is 10.1. The van der Waals surface area contributed by atoms with E-state index in [2.05, 4.69) is 15.9 Å². The van der Waals surface area contributed by atoms with Crippen molar-refractivity contribution < 1.29 is 23.0 Å². The number of methoxy groups -OCH3 is 1. The summed E-state index contributed by atoms with van der Waals surface area (Å²) in [6, 6.07) is 4.52. The molecule has 0 fully saturated rings. The fourth-order valence-electron chi connectivity index (χ4n) is 1.18. The molecule has 2 nitrogen and oxygen atoms in total. The van der Waals surface area contributed by atoms with Gasteiger partial charge >= 0.3 is 6.18 Å². The number of hydrogen-bond donors (Lipinski definition) is 1. The zero-order chi connectivity index (χ0) is 12.3. The Bertz CT molecular complexity index is 366. The van der Waals surface area contributed by atoms with E-state index in [1.165, 1.54) is 19.2 Å². The highest BCUT2D eigenvalue weighted by atomic mass is 79.9. The van der Waals surface area contributed by atoms with Crippen molar-refractivity contribution in [2.75, 3.05) is 7.11 Å². The van der Waals surface area contributed by atoms with E-state index in [9.17, 15) is 13.2 Å². The number of ether oxygens (including phenoxy) is 1. The zero-order valence-corrected chi connectivity index (χ0v) is 9.97. The minimum Gasteiger partial charge on any atom is -0.496 e. The lowest BCUT2D eigenvalue weighted by Crippen LogP contribution is -2.30. The van der Waals surface area contributed by atoms with Crippen LogP contribution in [0.15, 0.2) is 22.7 Å². The molecule has 0 radical (unpaired) electrons. The van der Waals surface area contributed by atoms with Gasteiger partial charge in [0.1, 0.15) is 5.75 Å². The summed E-state index contributed by atoms with van der Waals surface area (Å²) >= 11 is 3.16. The maximum absolute atomic E-state index is 12.1. The standard InChI is InChI=1S/C10H10BrF3O2/c1-16-8-3-2-6(4-7(8)11)5-9(15)10(12,13)14/h2-4,9,15H,5H2,1H3/t9-/m0/s1. The van der Waals surface area contributed by atoms with E-state index < -0.39 is 18.7 Å². The fourth-order valence-corrected chi connectivity index (χ4v) is 1.76. The molecule has 0 aromatic heterocycles. The molecule has 0 aliphatic rings. The van der Waals surface area contributed by atoms with Crippen LogP contribution >= 0.6 is 15.9 Å². The Labute approximate surface area is 99.2 Å². The Kier molecular flexibility index (Phi) is 4.21. The van der Waals surface area contributed by atoms with Crippen molar-refractivity contribution >= 4 is 15.9 Å². The molecule has 6 heteroatoms. The van der Waals surface area contributed by atoms with E-state index in [0.29, 0.717) is 15.8 Å². The molecule has 0 heterocycles. The van der Waals surface area contributed by atoms with Gasteiger partial charge in [-0.1, -0.05) is 6.07 Å². The second-order valence-electron chi connectivity index (χ2n) is 3.23. The van der Waals surface area contributed by atoms with Crippen LogP contribution in [0.5, 0.6) is 5.75 Å². The molecule has 90 valence electrons. The van der Waals surface area contributed by atoms with Gasteiger partial charge in [0.15, 0.2) is 6.10 Å². The smallest absolute Gasteiger partial charge is 0.414 e. The number of rotatable bonds is 3. The molecule has 1 atom stereocenters. The molecule has 0 amide bonds. The predicted molar refractivity (Wildman–Crippen MR) is 56.5 cm³/mol. The third-order valence-corrected chi connectivity index (χ3v) is 2.64. The summed E-state index contributed by atoms with van der Waals surface area (Å²) in [7, 11) is 1.46. The van der Waals surface area contributed by atoms with Crippen molar-refractivity contribution in [1.82, 2.24) is 0 Å². The van der Waals surface area contributed by atoms with Crippen LogP contribution in [0.25, 0.3) is 0 Å². The third-order valence-electron chi connectivity index (χ3n) is 2.02. The maximum Gasteiger partial charge on any atom is 0.414 e. The SMILES string of the molecule is COc1ccc(C[C@H](O)C(F)(F)F)cc1Br. The zero-order valence-electron chi connectivity index (χ0n) is 8.38. The summed E-state index contributed by atoms with van der Waals surface area (Å²) in [5.41, 5.74) is 0.387. The summed E-state index contributed by atoms with van der Waals surface area (Å²) in [4.78, 5) is 0. The normalized spacial score (nSPS) is 13.6. The number of halogens is 4. The van der Waals surface area contributed by atoms with Crippen LogP contribution in [-0.2, 0) is 6.42 Å². The summed E-state index contributed by atoms with van der Waals surface area (Å²) in [5.74, 6) is 0.533. The molecule has 16 heavy (non-hydrogen) atoms. The van der Waals surface area contributed by atoms with Crippen molar-refractivity contribution in [2.24, 2.45) is 0 Å². The highest BCUT2D eigenvalue weighted by Crippen LogP contribution is 2.28. The Hall–Kier alpha value is -0.750. The van der Waals surface area contributed by atoms with Gasteiger partial charge in [0.05, 0.1) is 11.6 Å². The van der Waals surface area contributed by atoms with Crippen LogP contribution in [0.4, 0.5) is 13.2 Å². The Morgan fingerprint density at radius 1 is 1.44 bits per heavy atom. The molecule has 0 aliphatic carbocycles. The molecule has 1 rings (SSSR count). The fraction of sp³-hybridized carbons (Fsp3) is 0.400. The minimum atomic E-state index is -4.59. The number of hydrogen-bond acceptors (Lipinski definition) is 2. The van der Waals surface area contributed by atoms with Gasteiger partial charge in [0.25, 0.3) is 0 Å². The summed E-state index contributed by atoms with van der Waals surface area (Å²) in [6.07, 6.45) is -7.40. The number of aliphatic hydroxyl groups excluding tert-OH is 1. The monoisotopic (exact) mass is 298 g/mol. The Morgan fingerprint density at radius 3 is 2.50 bits per heavy atom. The van der Waals surface area contributed by atoms with E-state index in [1.807, 2.05) is 0 Å². The van der Waals surface area contributed by atoms with Gasteiger partial charge in [0.2, 0.25) is 0 Å². The quantitative estimate of drug-likeness (QED) is 0.930. The van der Waals surface area contributed by atoms with Gasteiger partial charge in [-0.2, -0.15) is 13.2 Å².